The molecule has 0 spiro atoms. The Hall–Kier alpha value is -2.70. The summed E-state index contributed by atoms with van der Waals surface area (Å²) in [7, 11) is 3.03. The summed E-state index contributed by atoms with van der Waals surface area (Å²) >= 11 is 0. The molecule has 132 valence electrons. The second-order valence-corrected chi connectivity index (χ2v) is 5.36. The largest absolute Gasteiger partial charge is 0.354 e. The van der Waals surface area contributed by atoms with Crippen LogP contribution in [0.2, 0.25) is 0 Å². The van der Waals surface area contributed by atoms with Crippen LogP contribution in [0.3, 0.4) is 0 Å². The molecular formula is C19H22N2O4. The number of amides is 2. The van der Waals surface area contributed by atoms with Crippen LogP contribution in [0.4, 0.5) is 0 Å². The number of carbonyl (C=O) groups is 2. The fourth-order valence-electron chi connectivity index (χ4n) is 2.19. The first-order valence-electron chi connectivity index (χ1n) is 7.90. The number of benzene rings is 2. The minimum absolute atomic E-state index is 0.132. The summed E-state index contributed by atoms with van der Waals surface area (Å²) in [6.07, 6.45) is -0.476. The highest BCUT2D eigenvalue weighted by Gasteiger charge is 2.10. The van der Waals surface area contributed by atoms with Gasteiger partial charge in [0, 0.05) is 31.9 Å². The zero-order chi connectivity index (χ0) is 18.1. The SMILES string of the molecule is COC(CNC(=O)c1ccc(CNC(=O)c2ccccc2)cc1)OC. The van der Waals surface area contributed by atoms with Crippen molar-refractivity contribution in [3.63, 3.8) is 0 Å². The normalized spacial score (nSPS) is 10.5. The van der Waals surface area contributed by atoms with Gasteiger partial charge in [-0.3, -0.25) is 9.59 Å². The van der Waals surface area contributed by atoms with Crippen LogP contribution in [-0.4, -0.2) is 38.9 Å². The van der Waals surface area contributed by atoms with Gasteiger partial charge in [0.1, 0.15) is 0 Å². The van der Waals surface area contributed by atoms with Crippen molar-refractivity contribution in [2.45, 2.75) is 12.8 Å². The molecule has 0 saturated heterocycles. The molecule has 6 nitrogen and oxygen atoms in total. The summed E-state index contributed by atoms with van der Waals surface area (Å²) in [6, 6.07) is 16.1. The molecule has 0 bridgehead atoms. The number of ether oxygens (including phenoxy) is 2. The third-order valence-corrected chi connectivity index (χ3v) is 3.66. The summed E-state index contributed by atoms with van der Waals surface area (Å²) in [5, 5.41) is 5.58. The standard InChI is InChI=1S/C19H22N2O4/c1-24-17(25-2)13-21-19(23)16-10-8-14(9-11-16)12-20-18(22)15-6-4-3-5-7-15/h3-11,17H,12-13H2,1-2H3,(H,20,22)(H,21,23). The highest BCUT2D eigenvalue weighted by Crippen LogP contribution is 2.06. The fraction of sp³-hybridized carbons (Fsp3) is 0.263. The van der Waals surface area contributed by atoms with Gasteiger partial charge in [-0.15, -0.1) is 0 Å². The van der Waals surface area contributed by atoms with Crippen molar-refractivity contribution < 1.29 is 19.1 Å². The molecule has 0 aromatic heterocycles. The Balaban J connectivity index is 1.85. The molecule has 0 radical (unpaired) electrons. The van der Waals surface area contributed by atoms with Crippen molar-refractivity contribution in [1.29, 1.82) is 0 Å². The van der Waals surface area contributed by atoms with Gasteiger partial charge in [-0.05, 0) is 29.8 Å². The molecule has 0 atom stereocenters. The molecule has 0 aliphatic heterocycles. The Labute approximate surface area is 147 Å². The van der Waals surface area contributed by atoms with Crippen molar-refractivity contribution in [2.24, 2.45) is 0 Å². The van der Waals surface area contributed by atoms with Gasteiger partial charge in [-0.1, -0.05) is 30.3 Å². The Morgan fingerprint density at radius 1 is 0.840 bits per heavy atom. The predicted molar refractivity (Wildman–Crippen MR) is 94.2 cm³/mol. The van der Waals surface area contributed by atoms with Crippen molar-refractivity contribution in [3.8, 4) is 0 Å². The first-order chi connectivity index (χ1) is 12.1. The maximum Gasteiger partial charge on any atom is 0.251 e. The van der Waals surface area contributed by atoms with E-state index in [2.05, 4.69) is 10.6 Å². The monoisotopic (exact) mass is 342 g/mol. The van der Waals surface area contributed by atoms with Crippen molar-refractivity contribution in [2.75, 3.05) is 20.8 Å². The number of rotatable bonds is 8. The molecule has 0 fully saturated rings. The van der Waals surface area contributed by atoms with Crippen LogP contribution in [0.15, 0.2) is 54.6 Å². The smallest absolute Gasteiger partial charge is 0.251 e. The van der Waals surface area contributed by atoms with Gasteiger partial charge in [0.25, 0.3) is 11.8 Å². The Bertz CT molecular complexity index is 682. The van der Waals surface area contributed by atoms with Crippen LogP contribution < -0.4 is 10.6 Å². The minimum atomic E-state index is -0.476. The first-order valence-corrected chi connectivity index (χ1v) is 7.90. The molecule has 2 aromatic rings. The van der Waals surface area contributed by atoms with Crippen LogP contribution in [-0.2, 0) is 16.0 Å². The number of carbonyl (C=O) groups excluding carboxylic acids is 2. The van der Waals surface area contributed by atoms with E-state index in [1.165, 1.54) is 14.2 Å². The summed E-state index contributed by atoms with van der Waals surface area (Å²) in [5.74, 6) is -0.341. The molecule has 2 aromatic carbocycles. The zero-order valence-corrected chi connectivity index (χ0v) is 14.3. The summed E-state index contributed by atoms with van der Waals surface area (Å²) in [4.78, 5) is 24.1. The van der Waals surface area contributed by atoms with Crippen LogP contribution in [0.5, 0.6) is 0 Å². The summed E-state index contributed by atoms with van der Waals surface area (Å²) in [5.41, 5.74) is 2.06. The van der Waals surface area contributed by atoms with Crippen LogP contribution >= 0.6 is 0 Å². The Morgan fingerprint density at radius 2 is 1.40 bits per heavy atom. The second kappa shape index (κ2) is 9.56. The number of nitrogens with one attached hydrogen (secondary N) is 2. The van der Waals surface area contributed by atoms with E-state index < -0.39 is 6.29 Å². The number of hydrogen-bond donors (Lipinski definition) is 2. The average molecular weight is 342 g/mol. The molecule has 25 heavy (non-hydrogen) atoms. The zero-order valence-electron chi connectivity index (χ0n) is 14.3. The minimum Gasteiger partial charge on any atom is -0.354 e. The molecule has 0 saturated carbocycles. The van der Waals surface area contributed by atoms with E-state index in [0.717, 1.165) is 5.56 Å². The number of methoxy groups -OCH3 is 2. The van der Waals surface area contributed by atoms with E-state index in [-0.39, 0.29) is 18.4 Å². The van der Waals surface area contributed by atoms with Gasteiger partial charge < -0.3 is 20.1 Å². The predicted octanol–water partition coefficient (Wildman–Crippen LogP) is 1.97. The highest BCUT2D eigenvalue weighted by atomic mass is 16.7. The van der Waals surface area contributed by atoms with E-state index >= 15 is 0 Å². The van der Waals surface area contributed by atoms with Gasteiger partial charge >= 0.3 is 0 Å². The molecule has 2 rings (SSSR count). The number of hydrogen-bond acceptors (Lipinski definition) is 4. The molecular weight excluding hydrogens is 320 g/mol. The molecule has 0 heterocycles. The fourth-order valence-corrected chi connectivity index (χ4v) is 2.19. The maximum absolute atomic E-state index is 12.1. The first kappa shape index (κ1) is 18.6. The lowest BCUT2D eigenvalue weighted by Gasteiger charge is -2.14. The van der Waals surface area contributed by atoms with E-state index in [1.54, 1.807) is 24.3 Å². The molecule has 2 amide bonds. The molecule has 0 unspecified atom stereocenters. The molecule has 0 aliphatic rings. The summed E-state index contributed by atoms with van der Waals surface area (Å²) in [6.45, 7) is 0.658. The lowest BCUT2D eigenvalue weighted by Crippen LogP contribution is -2.34. The van der Waals surface area contributed by atoms with Crippen molar-refractivity contribution >= 4 is 11.8 Å². The lowest BCUT2D eigenvalue weighted by molar-refractivity contribution is -0.0974. The highest BCUT2D eigenvalue weighted by molar-refractivity contribution is 5.94. The van der Waals surface area contributed by atoms with Gasteiger partial charge in [0.2, 0.25) is 0 Å². The van der Waals surface area contributed by atoms with Crippen molar-refractivity contribution in [1.82, 2.24) is 10.6 Å². The van der Waals surface area contributed by atoms with Gasteiger partial charge in [0.15, 0.2) is 6.29 Å². The van der Waals surface area contributed by atoms with E-state index in [9.17, 15) is 9.59 Å². The molecule has 0 aliphatic carbocycles. The topological polar surface area (TPSA) is 76.7 Å². The van der Waals surface area contributed by atoms with Crippen molar-refractivity contribution in [3.05, 3.63) is 71.3 Å². The van der Waals surface area contributed by atoms with Gasteiger partial charge in [-0.25, -0.2) is 0 Å². The second-order valence-electron chi connectivity index (χ2n) is 5.36. The molecule has 6 heteroatoms. The maximum atomic E-state index is 12.1. The van der Waals surface area contributed by atoms with Gasteiger partial charge in [-0.2, -0.15) is 0 Å². The molecule has 2 N–H and O–H groups in total. The lowest BCUT2D eigenvalue weighted by atomic mass is 10.1. The van der Waals surface area contributed by atoms with E-state index in [0.29, 0.717) is 17.7 Å². The average Bonchev–Trinajstić information content (AvgIpc) is 2.67. The van der Waals surface area contributed by atoms with Gasteiger partial charge in [0.05, 0.1) is 6.54 Å². The van der Waals surface area contributed by atoms with Crippen LogP contribution in [0, 0.1) is 0 Å². The Morgan fingerprint density at radius 3 is 2.00 bits per heavy atom. The Kier molecular flexibility index (Phi) is 7.13. The third kappa shape index (κ3) is 5.70. The quantitative estimate of drug-likeness (QED) is 0.719. The van der Waals surface area contributed by atoms with Crippen LogP contribution in [0.1, 0.15) is 26.3 Å². The third-order valence-electron chi connectivity index (χ3n) is 3.66. The van der Waals surface area contributed by atoms with E-state index in [1.807, 2.05) is 30.3 Å². The van der Waals surface area contributed by atoms with E-state index in [4.69, 9.17) is 9.47 Å². The summed E-state index contributed by atoms with van der Waals surface area (Å²) < 4.78 is 10.0. The van der Waals surface area contributed by atoms with Crippen LogP contribution in [0.25, 0.3) is 0 Å².